The Kier molecular flexibility index (Phi) is 7.62. The first-order valence-corrected chi connectivity index (χ1v) is 9.58. The third-order valence-electron chi connectivity index (χ3n) is 5.40. The van der Waals surface area contributed by atoms with Gasteiger partial charge in [-0.3, -0.25) is 4.79 Å². The average Bonchev–Trinajstić information content (AvgIpc) is 2.60. The molecule has 0 bridgehead atoms. The van der Waals surface area contributed by atoms with Gasteiger partial charge in [-0.1, -0.05) is 6.58 Å². The second-order valence-corrected chi connectivity index (χ2v) is 7.73. The Bertz CT molecular complexity index is 613. The van der Waals surface area contributed by atoms with Crippen molar-refractivity contribution in [2.75, 3.05) is 0 Å². The molecule has 0 N–H and O–H groups in total. The number of carbonyl (C=O) groups excluding carboxylic acids is 2. The summed E-state index contributed by atoms with van der Waals surface area (Å²) in [5.74, 6) is -4.97. The lowest BCUT2D eigenvalue weighted by Gasteiger charge is -2.30. The van der Waals surface area contributed by atoms with E-state index in [2.05, 4.69) is 6.58 Å². The number of halogens is 6. The summed E-state index contributed by atoms with van der Waals surface area (Å²) in [4.78, 5) is 24.0. The first-order chi connectivity index (χ1) is 13.4. The zero-order chi connectivity index (χ0) is 21.8. The molecular weight excluding hydrogens is 406 g/mol. The molecule has 0 heterocycles. The van der Waals surface area contributed by atoms with Crippen molar-refractivity contribution in [2.45, 2.75) is 82.3 Å². The maximum Gasteiger partial charge on any atom is 0.391 e. The first kappa shape index (κ1) is 23.5. The fraction of sp³-hybridized carbons (Fsp3) is 0.789. The van der Waals surface area contributed by atoms with Gasteiger partial charge in [-0.05, 0) is 51.4 Å². The van der Waals surface area contributed by atoms with Crippen molar-refractivity contribution in [1.29, 1.82) is 0 Å². The van der Waals surface area contributed by atoms with Crippen LogP contribution in [0, 0.1) is 11.8 Å². The van der Waals surface area contributed by atoms with Crippen LogP contribution in [-0.2, 0) is 19.1 Å². The Morgan fingerprint density at radius 2 is 1.24 bits per heavy atom. The minimum Gasteiger partial charge on any atom is -0.462 e. The molecular formula is C19H24F6O4. The second-order valence-electron chi connectivity index (χ2n) is 7.73. The predicted octanol–water partition coefficient (Wildman–Crippen LogP) is 5.26. The zero-order valence-corrected chi connectivity index (χ0v) is 15.8. The summed E-state index contributed by atoms with van der Waals surface area (Å²) in [6.07, 6.45) is -10.7. The Morgan fingerprint density at radius 1 is 0.793 bits per heavy atom. The van der Waals surface area contributed by atoms with Crippen LogP contribution in [0.1, 0.15) is 57.8 Å². The molecule has 0 amide bonds. The molecule has 166 valence electrons. The van der Waals surface area contributed by atoms with Gasteiger partial charge >= 0.3 is 24.3 Å². The standard InChI is InChI=1S/C19H24F6O4/c1-11(17(27)29-15-7-3-5-13(10-15)19(23,24)25)8-16(26)28-14-6-2-4-12(9-14)18(20,21)22/h12-15H,1-10H2. The molecule has 2 saturated carbocycles. The van der Waals surface area contributed by atoms with E-state index in [4.69, 9.17) is 9.47 Å². The van der Waals surface area contributed by atoms with Crippen molar-refractivity contribution in [3.05, 3.63) is 12.2 Å². The Morgan fingerprint density at radius 3 is 1.69 bits per heavy atom. The van der Waals surface area contributed by atoms with Gasteiger partial charge in [0.2, 0.25) is 0 Å². The van der Waals surface area contributed by atoms with Crippen molar-refractivity contribution in [2.24, 2.45) is 11.8 Å². The van der Waals surface area contributed by atoms with E-state index in [-0.39, 0.29) is 50.5 Å². The molecule has 0 saturated heterocycles. The van der Waals surface area contributed by atoms with Crippen LogP contribution in [0.25, 0.3) is 0 Å². The van der Waals surface area contributed by atoms with Crippen LogP contribution in [0.2, 0.25) is 0 Å². The van der Waals surface area contributed by atoms with Crippen LogP contribution in [-0.4, -0.2) is 36.5 Å². The third-order valence-corrected chi connectivity index (χ3v) is 5.40. The number of carbonyl (C=O) groups is 2. The van der Waals surface area contributed by atoms with E-state index in [1.807, 2.05) is 0 Å². The summed E-state index contributed by atoms with van der Waals surface area (Å²) in [5, 5.41) is 0. The average molecular weight is 430 g/mol. The van der Waals surface area contributed by atoms with Crippen molar-refractivity contribution in [3.63, 3.8) is 0 Å². The molecule has 0 aromatic heterocycles. The lowest BCUT2D eigenvalue weighted by atomic mass is 9.86. The molecule has 4 atom stereocenters. The van der Waals surface area contributed by atoms with Crippen molar-refractivity contribution in [3.8, 4) is 0 Å². The minimum absolute atomic E-state index is 0.0170. The Balaban J connectivity index is 1.79. The maximum absolute atomic E-state index is 12.8. The molecule has 2 aliphatic carbocycles. The van der Waals surface area contributed by atoms with Gasteiger partial charge in [-0.15, -0.1) is 0 Å². The number of rotatable bonds is 5. The van der Waals surface area contributed by atoms with E-state index in [0.717, 1.165) is 0 Å². The van der Waals surface area contributed by atoms with E-state index in [0.29, 0.717) is 6.42 Å². The van der Waals surface area contributed by atoms with Crippen LogP contribution in [0.3, 0.4) is 0 Å². The van der Waals surface area contributed by atoms with E-state index in [9.17, 15) is 35.9 Å². The number of alkyl halides is 6. The SMILES string of the molecule is C=C(CC(=O)OC1CCCC(C(F)(F)F)C1)C(=O)OC1CCCC(C(F)(F)F)C1. The van der Waals surface area contributed by atoms with Gasteiger partial charge in [0.15, 0.2) is 0 Å². The van der Waals surface area contributed by atoms with Crippen LogP contribution in [0.15, 0.2) is 12.2 Å². The van der Waals surface area contributed by atoms with Gasteiger partial charge in [-0.2, -0.15) is 26.3 Å². The first-order valence-electron chi connectivity index (χ1n) is 9.58. The smallest absolute Gasteiger partial charge is 0.391 e. The normalized spacial score (nSPS) is 28.5. The van der Waals surface area contributed by atoms with Gasteiger partial charge in [0.05, 0.1) is 18.3 Å². The van der Waals surface area contributed by atoms with Crippen molar-refractivity contribution < 1.29 is 45.4 Å². The summed E-state index contributed by atoms with van der Waals surface area (Å²) in [7, 11) is 0. The van der Waals surface area contributed by atoms with Gasteiger partial charge in [0.25, 0.3) is 0 Å². The van der Waals surface area contributed by atoms with Crippen LogP contribution in [0.4, 0.5) is 26.3 Å². The molecule has 29 heavy (non-hydrogen) atoms. The lowest BCUT2D eigenvalue weighted by molar-refractivity contribution is -0.195. The molecule has 4 nitrogen and oxygen atoms in total. The van der Waals surface area contributed by atoms with E-state index in [1.54, 1.807) is 0 Å². The van der Waals surface area contributed by atoms with Gasteiger partial charge < -0.3 is 9.47 Å². The molecule has 0 aliphatic heterocycles. The van der Waals surface area contributed by atoms with E-state index < -0.39 is 54.8 Å². The highest BCUT2D eigenvalue weighted by Gasteiger charge is 2.44. The largest absolute Gasteiger partial charge is 0.462 e. The highest BCUT2D eigenvalue weighted by atomic mass is 19.4. The summed E-state index contributed by atoms with van der Waals surface area (Å²) < 4.78 is 86.9. The summed E-state index contributed by atoms with van der Waals surface area (Å²) in [5.41, 5.74) is -0.299. The molecule has 0 aromatic rings. The number of hydrogen-bond acceptors (Lipinski definition) is 4. The fourth-order valence-electron chi connectivity index (χ4n) is 3.81. The van der Waals surface area contributed by atoms with Gasteiger partial charge in [-0.25, -0.2) is 4.79 Å². The highest BCUT2D eigenvalue weighted by molar-refractivity contribution is 5.93. The molecule has 4 unspecified atom stereocenters. The zero-order valence-electron chi connectivity index (χ0n) is 15.8. The predicted molar refractivity (Wildman–Crippen MR) is 89.5 cm³/mol. The molecule has 0 radical (unpaired) electrons. The van der Waals surface area contributed by atoms with Crippen LogP contribution in [0.5, 0.6) is 0 Å². The van der Waals surface area contributed by atoms with Crippen molar-refractivity contribution in [1.82, 2.24) is 0 Å². The minimum atomic E-state index is -4.36. The molecule has 0 spiro atoms. The Hall–Kier alpha value is -1.74. The molecule has 2 fully saturated rings. The molecule has 2 aliphatic rings. The van der Waals surface area contributed by atoms with E-state index in [1.165, 1.54) is 0 Å². The molecule has 10 heteroatoms. The monoisotopic (exact) mass is 430 g/mol. The lowest BCUT2D eigenvalue weighted by Crippen LogP contribution is -2.34. The third kappa shape index (κ3) is 7.22. The quantitative estimate of drug-likeness (QED) is 0.339. The molecule has 2 rings (SSSR count). The Labute approximate surface area is 164 Å². The summed E-state index contributed by atoms with van der Waals surface area (Å²) in [6, 6.07) is 0. The number of ether oxygens (including phenoxy) is 2. The number of esters is 2. The van der Waals surface area contributed by atoms with Gasteiger partial charge in [0, 0.05) is 5.57 Å². The topological polar surface area (TPSA) is 52.6 Å². The van der Waals surface area contributed by atoms with Crippen molar-refractivity contribution >= 4 is 11.9 Å². The summed E-state index contributed by atoms with van der Waals surface area (Å²) in [6.45, 7) is 3.40. The van der Waals surface area contributed by atoms with Crippen LogP contribution < -0.4 is 0 Å². The number of hydrogen-bond donors (Lipinski definition) is 0. The fourth-order valence-corrected chi connectivity index (χ4v) is 3.81. The highest BCUT2D eigenvalue weighted by Crippen LogP contribution is 2.39. The van der Waals surface area contributed by atoms with Gasteiger partial charge in [0.1, 0.15) is 12.2 Å². The maximum atomic E-state index is 12.8. The van der Waals surface area contributed by atoms with E-state index >= 15 is 0 Å². The van der Waals surface area contributed by atoms with Crippen LogP contribution >= 0.6 is 0 Å². The summed E-state index contributed by atoms with van der Waals surface area (Å²) >= 11 is 0. The molecule has 0 aromatic carbocycles. The second kappa shape index (κ2) is 9.38.